The number of hydrogen-bond donors (Lipinski definition) is 3. The van der Waals surface area contributed by atoms with Gasteiger partial charge in [0.25, 0.3) is 5.91 Å². The summed E-state index contributed by atoms with van der Waals surface area (Å²) in [6, 6.07) is 14.4. The number of rotatable bonds is 5. The molecule has 2 aromatic carbocycles. The van der Waals surface area contributed by atoms with E-state index in [4.69, 9.17) is 0 Å². The van der Waals surface area contributed by atoms with Gasteiger partial charge < -0.3 is 10.3 Å². The molecule has 7 heteroatoms. The van der Waals surface area contributed by atoms with E-state index in [1.807, 2.05) is 44.2 Å². The molecule has 26 heavy (non-hydrogen) atoms. The molecule has 0 radical (unpaired) electrons. The number of aromatic nitrogens is 1. The molecule has 1 heterocycles. The van der Waals surface area contributed by atoms with Crippen molar-refractivity contribution in [2.45, 2.75) is 19.9 Å². The molecule has 1 amide bonds. The molecule has 0 saturated heterocycles. The zero-order chi connectivity index (χ0) is 18.9. The third-order valence-electron chi connectivity index (χ3n) is 4.16. The van der Waals surface area contributed by atoms with E-state index in [-0.39, 0.29) is 11.9 Å². The van der Waals surface area contributed by atoms with Crippen LogP contribution in [-0.2, 0) is 10.0 Å². The van der Waals surface area contributed by atoms with Crippen molar-refractivity contribution >= 4 is 32.5 Å². The molecular formula is C19H21N3O3S. The van der Waals surface area contributed by atoms with Gasteiger partial charge >= 0.3 is 0 Å². The molecule has 1 atom stereocenters. The fourth-order valence-corrected chi connectivity index (χ4v) is 3.56. The number of H-pyrrole nitrogens is 1. The minimum atomic E-state index is -3.35. The molecule has 0 unspecified atom stereocenters. The number of aryl methyl sites for hydroxylation is 1. The molecule has 136 valence electrons. The summed E-state index contributed by atoms with van der Waals surface area (Å²) in [5, 5.41) is 3.86. The fraction of sp³-hybridized carbons (Fsp3) is 0.211. The van der Waals surface area contributed by atoms with Gasteiger partial charge in [-0.2, -0.15) is 0 Å². The lowest BCUT2D eigenvalue weighted by atomic mass is 10.1. The Bertz CT molecular complexity index is 1070. The van der Waals surface area contributed by atoms with Gasteiger partial charge in [0.2, 0.25) is 10.0 Å². The minimum Gasteiger partial charge on any atom is -0.358 e. The summed E-state index contributed by atoms with van der Waals surface area (Å²) < 4.78 is 25.2. The predicted molar refractivity (Wildman–Crippen MR) is 104 cm³/mol. The van der Waals surface area contributed by atoms with Crippen LogP contribution in [0, 0.1) is 6.92 Å². The smallest absolute Gasteiger partial charge is 0.254 e. The topological polar surface area (TPSA) is 91.1 Å². The van der Waals surface area contributed by atoms with E-state index in [2.05, 4.69) is 15.0 Å². The standard InChI is InChI=1S/C19H21N3O3S/c1-12(14-7-6-8-15(11-14)22-26(3,24)25)21-19(23)18-13(2)20-17-10-5-4-9-16(17)18/h4-12,20,22H,1-3H3,(H,21,23)/t12-/m0/s1. The van der Waals surface area contributed by atoms with E-state index in [0.29, 0.717) is 11.3 Å². The molecule has 3 aromatic rings. The van der Waals surface area contributed by atoms with Crippen LogP contribution in [0.4, 0.5) is 5.69 Å². The second kappa shape index (κ2) is 6.84. The molecule has 1 aromatic heterocycles. The van der Waals surface area contributed by atoms with Gasteiger partial charge in [0.05, 0.1) is 17.9 Å². The number of benzene rings is 2. The van der Waals surface area contributed by atoms with Gasteiger partial charge in [0.15, 0.2) is 0 Å². The first kappa shape index (κ1) is 18.0. The zero-order valence-electron chi connectivity index (χ0n) is 14.8. The van der Waals surface area contributed by atoms with Crippen LogP contribution in [0.2, 0.25) is 0 Å². The second-order valence-electron chi connectivity index (χ2n) is 6.37. The fourth-order valence-electron chi connectivity index (χ4n) is 3.01. The number of carbonyl (C=O) groups is 1. The van der Waals surface area contributed by atoms with Crippen molar-refractivity contribution in [2.75, 3.05) is 11.0 Å². The summed E-state index contributed by atoms with van der Waals surface area (Å²) in [7, 11) is -3.35. The number of amides is 1. The maximum atomic E-state index is 12.8. The molecule has 0 bridgehead atoms. The normalized spacial score (nSPS) is 12.7. The predicted octanol–water partition coefficient (Wildman–Crippen LogP) is 3.34. The highest BCUT2D eigenvalue weighted by Gasteiger charge is 2.18. The summed E-state index contributed by atoms with van der Waals surface area (Å²) in [5.74, 6) is -0.172. The highest BCUT2D eigenvalue weighted by Crippen LogP contribution is 2.23. The monoisotopic (exact) mass is 371 g/mol. The number of para-hydroxylation sites is 1. The molecule has 3 N–H and O–H groups in total. The number of nitrogens with one attached hydrogen (secondary N) is 3. The van der Waals surface area contributed by atoms with Gasteiger partial charge in [-0.05, 0) is 37.6 Å². The first-order chi connectivity index (χ1) is 12.2. The summed E-state index contributed by atoms with van der Waals surface area (Å²) in [4.78, 5) is 16.0. The van der Waals surface area contributed by atoms with Crippen molar-refractivity contribution in [3.63, 3.8) is 0 Å². The van der Waals surface area contributed by atoms with Crippen LogP contribution in [0.1, 0.15) is 34.6 Å². The van der Waals surface area contributed by atoms with Crippen molar-refractivity contribution in [3.05, 3.63) is 65.4 Å². The SMILES string of the molecule is Cc1[nH]c2ccccc2c1C(=O)N[C@@H](C)c1cccc(NS(C)(=O)=O)c1. The zero-order valence-corrected chi connectivity index (χ0v) is 15.6. The van der Waals surface area contributed by atoms with Crippen LogP contribution in [-0.4, -0.2) is 25.6 Å². The highest BCUT2D eigenvalue weighted by molar-refractivity contribution is 7.92. The molecule has 0 saturated carbocycles. The molecule has 0 aliphatic rings. The summed E-state index contributed by atoms with van der Waals surface area (Å²) in [6.07, 6.45) is 1.10. The van der Waals surface area contributed by atoms with Crippen LogP contribution >= 0.6 is 0 Å². The molecule has 3 rings (SSSR count). The van der Waals surface area contributed by atoms with E-state index in [1.54, 1.807) is 18.2 Å². The van der Waals surface area contributed by atoms with Gasteiger partial charge in [-0.3, -0.25) is 9.52 Å². The Morgan fingerprint density at radius 1 is 1.12 bits per heavy atom. The van der Waals surface area contributed by atoms with Crippen LogP contribution < -0.4 is 10.0 Å². The van der Waals surface area contributed by atoms with Crippen molar-refractivity contribution in [1.82, 2.24) is 10.3 Å². The van der Waals surface area contributed by atoms with Crippen molar-refractivity contribution in [2.24, 2.45) is 0 Å². The molecule has 0 aliphatic carbocycles. The summed E-state index contributed by atoms with van der Waals surface area (Å²) in [6.45, 7) is 3.73. The number of hydrogen-bond acceptors (Lipinski definition) is 3. The second-order valence-corrected chi connectivity index (χ2v) is 8.11. The molecular weight excluding hydrogens is 350 g/mol. The van der Waals surface area contributed by atoms with Crippen LogP contribution in [0.5, 0.6) is 0 Å². The number of anilines is 1. The molecule has 0 spiro atoms. The lowest BCUT2D eigenvalue weighted by Gasteiger charge is -2.16. The summed E-state index contributed by atoms with van der Waals surface area (Å²) in [5.41, 5.74) is 3.63. The Balaban J connectivity index is 1.83. The van der Waals surface area contributed by atoms with E-state index in [1.165, 1.54) is 0 Å². The van der Waals surface area contributed by atoms with Gasteiger partial charge in [-0.1, -0.05) is 30.3 Å². The Hall–Kier alpha value is -2.80. The quantitative estimate of drug-likeness (QED) is 0.642. The van der Waals surface area contributed by atoms with Gasteiger partial charge in [0, 0.05) is 22.3 Å². The average Bonchev–Trinajstić information content (AvgIpc) is 2.89. The Morgan fingerprint density at radius 2 is 1.85 bits per heavy atom. The number of sulfonamides is 1. The van der Waals surface area contributed by atoms with Crippen LogP contribution in [0.15, 0.2) is 48.5 Å². The maximum absolute atomic E-state index is 12.8. The highest BCUT2D eigenvalue weighted by atomic mass is 32.2. The number of carbonyl (C=O) groups excluding carboxylic acids is 1. The molecule has 6 nitrogen and oxygen atoms in total. The lowest BCUT2D eigenvalue weighted by molar-refractivity contribution is 0.0941. The van der Waals surface area contributed by atoms with Crippen molar-refractivity contribution in [1.29, 1.82) is 0 Å². The van der Waals surface area contributed by atoms with Gasteiger partial charge in [-0.25, -0.2) is 8.42 Å². The van der Waals surface area contributed by atoms with Crippen LogP contribution in [0.25, 0.3) is 10.9 Å². The van der Waals surface area contributed by atoms with Gasteiger partial charge in [-0.15, -0.1) is 0 Å². The first-order valence-corrected chi connectivity index (χ1v) is 10.1. The lowest BCUT2D eigenvalue weighted by Crippen LogP contribution is -2.27. The third-order valence-corrected chi connectivity index (χ3v) is 4.76. The minimum absolute atomic E-state index is 0.172. The first-order valence-electron chi connectivity index (χ1n) is 8.20. The van der Waals surface area contributed by atoms with Crippen molar-refractivity contribution in [3.8, 4) is 0 Å². The average molecular weight is 371 g/mol. The van der Waals surface area contributed by atoms with E-state index >= 15 is 0 Å². The Morgan fingerprint density at radius 3 is 2.58 bits per heavy atom. The van der Waals surface area contributed by atoms with E-state index in [9.17, 15) is 13.2 Å². The molecule has 0 fully saturated rings. The number of fused-ring (bicyclic) bond motifs is 1. The molecule has 0 aliphatic heterocycles. The van der Waals surface area contributed by atoms with E-state index < -0.39 is 10.0 Å². The number of aromatic amines is 1. The maximum Gasteiger partial charge on any atom is 0.254 e. The van der Waals surface area contributed by atoms with Crippen molar-refractivity contribution < 1.29 is 13.2 Å². The van der Waals surface area contributed by atoms with Gasteiger partial charge in [0.1, 0.15) is 0 Å². The Labute approximate surface area is 152 Å². The Kier molecular flexibility index (Phi) is 4.73. The summed E-state index contributed by atoms with van der Waals surface area (Å²) >= 11 is 0. The van der Waals surface area contributed by atoms with E-state index in [0.717, 1.165) is 28.4 Å². The largest absolute Gasteiger partial charge is 0.358 e. The van der Waals surface area contributed by atoms with Crippen LogP contribution in [0.3, 0.4) is 0 Å². The third kappa shape index (κ3) is 3.88.